The maximum atomic E-state index is 12.6. The van der Waals surface area contributed by atoms with E-state index in [-0.39, 0.29) is 35.6 Å². The number of fused-ring (bicyclic) bond motifs is 1. The molecule has 2 heterocycles. The molecule has 0 radical (unpaired) electrons. The first-order valence-corrected chi connectivity index (χ1v) is 11.5. The SMILES string of the molecule is O=C1NC2CC(C(=O)NCCCN3CCOCC3)CCC2O/C1=C/c1ccccc1Cl. The van der Waals surface area contributed by atoms with Crippen molar-refractivity contribution in [1.29, 1.82) is 0 Å². The van der Waals surface area contributed by atoms with Gasteiger partial charge in [-0.05, 0) is 49.9 Å². The van der Waals surface area contributed by atoms with Crippen LogP contribution in [0.2, 0.25) is 5.02 Å². The molecule has 2 N–H and O–H groups in total. The number of hydrogen-bond acceptors (Lipinski definition) is 5. The Balaban J connectivity index is 1.24. The van der Waals surface area contributed by atoms with Crippen molar-refractivity contribution in [2.75, 3.05) is 39.4 Å². The van der Waals surface area contributed by atoms with Gasteiger partial charge in [-0.2, -0.15) is 0 Å². The Kier molecular flexibility index (Phi) is 7.48. The fraction of sp³-hybridized carbons (Fsp3) is 0.565. The van der Waals surface area contributed by atoms with Crippen LogP contribution in [0.4, 0.5) is 0 Å². The van der Waals surface area contributed by atoms with Crippen molar-refractivity contribution in [3.8, 4) is 0 Å². The van der Waals surface area contributed by atoms with Crippen LogP contribution in [0.5, 0.6) is 0 Å². The molecule has 3 aliphatic rings. The summed E-state index contributed by atoms with van der Waals surface area (Å²) in [6, 6.07) is 7.19. The van der Waals surface area contributed by atoms with Gasteiger partial charge in [-0.25, -0.2) is 0 Å². The van der Waals surface area contributed by atoms with E-state index in [0.717, 1.165) is 57.7 Å². The van der Waals surface area contributed by atoms with Gasteiger partial charge in [-0.3, -0.25) is 14.5 Å². The molecule has 0 spiro atoms. The molecule has 4 rings (SSSR count). The van der Waals surface area contributed by atoms with Gasteiger partial charge in [-0.1, -0.05) is 29.8 Å². The highest BCUT2D eigenvalue weighted by Crippen LogP contribution is 2.32. The Hall–Kier alpha value is -2.09. The Labute approximate surface area is 188 Å². The fourth-order valence-electron chi connectivity index (χ4n) is 4.45. The predicted molar refractivity (Wildman–Crippen MR) is 118 cm³/mol. The molecule has 2 aliphatic heterocycles. The summed E-state index contributed by atoms with van der Waals surface area (Å²) in [5, 5.41) is 6.67. The highest BCUT2D eigenvalue weighted by Gasteiger charge is 2.40. The average Bonchev–Trinajstić information content (AvgIpc) is 2.79. The van der Waals surface area contributed by atoms with Gasteiger partial charge in [0.1, 0.15) is 6.10 Å². The number of carbonyl (C=O) groups is 2. The lowest BCUT2D eigenvalue weighted by Crippen LogP contribution is -2.54. The van der Waals surface area contributed by atoms with Crippen LogP contribution in [0.1, 0.15) is 31.2 Å². The zero-order valence-corrected chi connectivity index (χ0v) is 18.4. The van der Waals surface area contributed by atoms with Gasteiger partial charge in [0.25, 0.3) is 5.91 Å². The quantitative estimate of drug-likeness (QED) is 0.516. The van der Waals surface area contributed by atoms with E-state index in [0.29, 0.717) is 18.0 Å². The van der Waals surface area contributed by atoms with Crippen LogP contribution in [0, 0.1) is 5.92 Å². The highest BCUT2D eigenvalue weighted by atomic mass is 35.5. The fourth-order valence-corrected chi connectivity index (χ4v) is 4.64. The zero-order chi connectivity index (χ0) is 21.6. The second-order valence-corrected chi connectivity index (χ2v) is 8.78. The number of nitrogens with zero attached hydrogens (tertiary/aromatic N) is 1. The first-order valence-electron chi connectivity index (χ1n) is 11.1. The van der Waals surface area contributed by atoms with Crippen LogP contribution in [0.3, 0.4) is 0 Å². The second kappa shape index (κ2) is 10.5. The number of ether oxygens (including phenoxy) is 2. The maximum Gasteiger partial charge on any atom is 0.286 e. The predicted octanol–water partition coefficient (Wildman–Crippen LogP) is 2.20. The third kappa shape index (κ3) is 5.79. The molecule has 2 amide bonds. The highest BCUT2D eigenvalue weighted by molar-refractivity contribution is 6.32. The molecular weight excluding hydrogens is 418 g/mol. The summed E-state index contributed by atoms with van der Waals surface area (Å²) in [6.45, 7) is 5.16. The molecule has 1 aromatic rings. The summed E-state index contributed by atoms with van der Waals surface area (Å²) in [4.78, 5) is 27.5. The molecule has 3 fully saturated rings. The minimum absolute atomic E-state index is 0.0760. The van der Waals surface area contributed by atoms with Gasteiger partial charge in [-0.15, -0.1) is 0 Å². The van der Waals surface area contributed by atoms with Crippen LogP contribution >= 0.6 is 11.6 Å². The minimum atomic E-state index is -0.257. The van der Waals surface area contributed by atoms with Crippen molar-refractivity contribution in [2.24, 2.45) is 5.92 Å². The Bertz CT molecular complexity index is 825. The summed E-state index contributed by atoms with van der Waals surface area (Å²) in [5.74, 6) is 0.00261. The Morgan fingerprint density at radius 3 is 2.87 bits per heavy atom. The smallest absolute Gasteiger partial charge is 0.286 e. The number of carbonyl (C=O) groups excluding carboxylic acids is 2. The molecule has 8 heteroatoms. The van der Waals surface area contributed by atoms with Gasteiger partial charge in [0.05, 0.1) is 19.3 Å². The first-order chi connectivity index (χ1) is 15.1. The van der Waals surface area contributed by atoms with Crippen molar-refractivity contribution in [2.45, 2.75) is 37.8 Å². The van der Waals surface area contributed by atoms with Crippen molar-refractivity contribution >= 4 is 29.5 Å². The molecule has 1 aromatic carbocycles. The molecule has 1 saturated carbocycles. The Morgan fingerprint density at radius 2 is 2.06 bits per heavy atom. The molecule has 7 nitrogen and oxygen atoms in total. The lowest BCUT2D eigenvalue weighted by Gasteiger charge is -2.39. The Morgan fingerprint density at radius 1 is 1.26 bits per heavy atom. The van der Waals surface area contributed by atoms with Crippen LogP contribution in [-0.2, 0) is 19.1 Å². The van der Waals surface area contributed by atoms with E-state index < -0.39 is 0 Å². The van der Waals surface area contributed by atoms with E-state index in [1.165, 1.54) is 0 Å². The number of nitrogens with one attached hydrogen (secondary N) is 2. The van der Waals surface area contributed by atoms with Crippen LogP contribution in [0.15, 0.2) is 30.0 Å². The van der Waals surface area contributed by atoms with Crippen LogP contribution in [-0.4, -0.2) is 68.3 Å². The molecule has 3 atom stereocenters. The lowest BCUT2D eigenvalue weighted by atomic mass is 9.82. The normalized spacial score (nSPS) is 27.8. The third-order valence-electron chi connectivity index (χ3n) is 6.22. The lowest BCUT2D eigenvalue weighted by molar-refractivity contribution is -0.134. The summed E-state index contributed by atoms with van der Waals surface area (Å²) in [6.07, 6.45) is 4.59. The summed E-state index contributed by atoms with van der Waals surface area (Å²) >= 11 is 6.19. The molecule has 31 heavy (non-hydrogen) atoms. The molecule has 1 aliphatic carbocycles. The van der Waals surface area contributed by atoms with Crippen molar-refractivity contribution in [3.05, 3.63) is 40.6 Å². The summed E-state index contributed by atoms with van der Waals surface area (Å²) < 4.78 is 11.4. The molecule has 2 saturated heterocycles. The monoisotopic (exact) mass is 447 g/mol. The maximum absolute atomic E-state index is 12.6. The van der Waals surface area contributed by atoms with Gasteiger partial charge < -0.3 is 20.1 Å². The van der Waals surface area contributed by atoms with Gasteiger partial charge in [0, 0.05) is 30.6 Å². The number of morpholine rings is 2. The topological polar surface area (TPSA) is 79.9 Å². The molecule has 3 unspecified atom stereocenters. The van der Waals surface area contributed by atoms with E-state index in [4.69, 9.17) is 21.1 Å². The van der Waals surface area contributed by atoms with E-state index in [9.17, 15) is 9.59 Å². The second-order valence-electron chi connectivity index (χ2n) is 8.37. The zero-order valence-electron chi connectivity index (χ0n) is 17.6. The summed E-state index contributed by atoms with van der Waals surface area (Å²) in [5.41, 5.74) is 0.748. The third-order valence-corrected chi connectivity index (χ3v) is 6.57. The first kappa shape index (κ1) is 22.1. The average molecular weight is 448 g/mol. The van der Waals surface area contributed by atoms with Crippen LogP contribution < -0.4 is 10.6 Å². The van der Waals surface area contributed by atoms with E-state index in [2.05, 4.69) is 15.5 Å². The van der Waals surface area contributed by atoms with Crippen LogP contribution in [0.25, 0.3) is 6.08 Å². The molecular formula is C23H30ClN3O4. The van der Waals surface area contributed by atoms with Gasteiger partial charge in [0.2, 0.25) is 5.91 Å². The summed E-state index contributed by atoms with van der Waals surface area (Å²) in [7, 11) is 0. The number of rotatable bonds is 6. The van der Waals surface area contributed by atoms with E-state index in [1.807, 2.05) is 18.2 Å². The number of amides is 2. The van der Waals surface area contributed by atoms with Gasteiger partial charge in [0.15, 0.2) is 5.76 Å². The standard InChI is InChI=1S/C23H30ClN3O4/c24-18-5-2-1-4-16(18)15-21-23(29)26-19-14-17(6-7-20(19)31-21)22(28)25-8-3-9-27-10-12-30-13-11-27/h1-2,4-5,15,17,19-20H,3,6-14H2,(H,25,28)(H,26,29)/b21-15+. The number of hydrogen-bond donors (Lipinski definition) is 2. The van der Waals surface area contributed by atoms with Crippen molar-refractivity contribution in [3.63, 3.8) is 0 Å². The minimum Gasteiger partial charge on any atom is -0.483 e. The number of benzene rings is 1. The molecule has 0 aromatic heterocycles. The van der Waals surface area contributed by atoms with Crippen molar-refractivity contribution < 1.29 is 19.1 Å². The van der Waals surface area contributed by atoms with Gasteiger partial charge >= 0.3 is 0 Å². The molecule has 168 valence electrons. The number of halogens is 1. The largest absolute Gasteiger partial charge is 0.483 e. The molecule has 0 bridgehead atoms. The van der Waals surface area contributed by atoms with Crippen molar-refractivity contribution in [1.82, 2.24) is 15.5 Å². The van der Waals surface area contributed by atoms with E-state index in [1.54, 1.807) is 12.1 Å². The van der Waals surface area contributed by atoms with E-state index >= 15 is 0 Å².